The van der Waals surface area contributed by atoms with Crippen LogP contribution in [0.2, 0.25) is 0 Å². The van der Waals surface area contributed by atoms with E-state index in [1.54, 1.807) is 15.9 Å². The van der Waals surface area contributed by atoms with Gasteiger partial charge in [-0.15, -0.1) is 23.7 Å². The van der Waals surface area contributed by atoms with E-state index in [1.807, 2.05) is 25.4 Å². The molecule has 0 amide bonds. The second-order valence-corrected chi connectivity index (χ2v) is 10.3. The average Bonchev–Trinajstić information content (AvgIpc) is 3.26. The van der Waals surface area contributed by atoms with Gasteiger partial charge in [0.05, 0.1) is 25.2 Å². The molecule has 4 heterocycles. The van der Waals surface area contributed by atoms with E-state index in [2.05, 4.69) is 30.0 Å². The highest BCUT2D eigenvalue weighted by atomic mass is 35.5. The van der Waals surface area contributed by atoms with Gasteiger partial charge in [-0.05, 0) is 49.4 Å². The third-order valence-electron chi connectivity index (χ3n) is 6.74. The summed E-state index contributed by atoms with van der Waals surface area (Å²) in [6.45, 7) is 7.87. The highest BCUT2D eigenvalue weighted by Crippen LogP contribution is 2.35. The summed E-state index contributed by atoms with van der Waals surface area (Å²) in [6.07, 6.45) is 4.07. The molecular weight excluding hydrogens is 472 g/mol. The van der Waals surface area contributed by atoms with Crippen LogP contribution >= 0.6 is 23.7 Å². The summed E-state index contributed by atoms with van der Waals surface area (Å²) < 4.78 is 19.9. The van der Waals surface area contributed by atoms with Crippen LogP contribution in [-0.2, 0) is 23.1 Å². The fraction of sp³-hybridized carbons (Fsp3) is 0.500. The van der Waals surface area contributed by atoms with Crippen LogP contribution in [0.1, 0.15) is 24.6 Å². The molecule has 0 spiro atoms. The van der Waals surface area contributed by atoms with Crippen molar-refractivity contribution in [3.8, 4) is 16.9 Å². The van der Waals surface area contributed by atoms with Crippen LogP contribution in [0, 0.1) is 5.92 Å². The van der Waals surface area contributed by atoms with Gasteiger partial charge in [-0.1, -0.05) is 12.1 Å². The van der Waals surface area contributed by atoms with Crippen molar-refractivity contribution >= 4 is 33.8 Å². The summed E-state index contributed by atoms with van der Waals surface area (Å²) in [6, 6.07) is 10.7. The minimum atomic E-state index is 0. The van der Waals surface area contributed by atoms with E-state index in [4.69, 9.17) is 14.2 Å². The van der Waals surface area contributed by atoms with Crippen LogP contribution in [0.3, 0.4) is 0 Å². The van der Waals surface area contributed by atoms with Crippen LogP contribution in [0.5, 0.6) is 5.75 Å². The van der Waals surface area contributed by atoms with Gasteiger partial charge in [-0.25, -0.2) is 0 Å². The summed E-state index contributed by atoms with van der Waals surface area (Å²) in [7, 11) is 1.83. The molecule has 0 saturated carbocycles. The van der Waals surface area contributed by atoms with E-state index in [-0.39, 0.29) is 18.0 Å². The van der Waals surface area contributed by atoms with E-state index in [1.165, 1.54) is 4.88 Å². The summed E-state index contributed by atoms with van der Waals surface area (Å²) >= 11 is 1.73. The maximum absolute atomic E-state index is 12.9. The zero-order chi connectivity index (χ0) is 22.8. The molecule has 0 unspecified atom stereocenters. The van der Waals surface area contributed by atoms with Gasteiger partial charge < -0.3 is 18.8 Å². The normalized spacial score (nSPS) is 19.8. The highest BCUT2D eigenvalue weighted by molar-refractivity contribution is 7.19. The van der Waals surface area contributed by atoms with Gasteiger partial charge in [0.2, 0.25) is 0 Å². The SMILES string of the molecule is C[C@H]1COCCN1Cc1cc2c(=O)n(C)cc(-c3cccc(OCC4CCOCC4)c3)c2s1.Cl. The quantitative estimate of drug-likeness (QED) is 0.486. The number of halogens is 1. The van der Waals surface area contributed by atoms with Crippen molar-refractivity contribution in [1.82, 2.24) is 9.47 Å². The number of aryl methyl sites for hydroxylation is 1. The van der Waals surface area contributed by atoms with Gasteiger partial charge in [0.25, 0.3) is 5.56 Å². The fourth-order valence-corrected chi connectivity index (χ4v) is 5.87. The first-order valence-electron chi connectivity index (χ1n) is 11.8. The molecule has 2 saturated heterocycles. The van der Waals surface area contributed by atoms with Crippen molar-refractivity contribution in [2.75, 3.05) is 39.6 Å². The maximum Gasteiger partial charge on any atom is 0.259 e. The topological polar surface area (TPSA) is 52.9 Å². The Hall–Kier alpha value is -1.90. The smallest absolute Gasteiger partial charge is 0.259 e. The Morgan fingerprint density at radius 2 is 1.97 bits per heavy atom. The van der Waals surface area contributed by atoms with E-state index < -0.39 is 0 Å². The van der Waals surface area contributed by atoms with E-state index in [0.717, 1.165) is 85.9 Å². The van der Waals surface area contributed by atoms with Crippen molar-refractivity contribution in [3.05, 3.63) is 51.8 Å². The zero-order valence-corrected chi connectivity index (χ0v) is 21.5. The van der Waals surface area contributed by atoms with Crippen molar-refractivity contribution in [2.45, 2.75) is 32.4 Å². The molecular formula is C26H33ClN2O4S. The number of hydrogen-bond acceptors (Lipinski definition) is 6. The van der Waals surface area contributed by atoms with Gasteiger partial charge in [0.1, 0.15) is 5.75 Å². The second kappa shape index (κ2) is 11.2. The number of ether oxygens (including phenoxy) is 3. The molecule has 2 aliphatic rings. The van der Waals surface area contributed by atoms with E-state index >= 15 is 0 Å². The molecule has 5 rings (SSSR count). The minimum absolute atomic E-state index is 0. The predicted molar refractivity (Wildman–Crippen MR) is 139 cm³/mol. The van der Waals surface area contributed by atoms with Crippen LogP contribution in [0.25, 0.3) is 21.2 Å². The summed E-state index contributed by atoms with van der Waals surface area (Å²) in [5.74, 6) is 1.43. The number of benzene rings is 1. The van der Waals surface area contributed by atoms with Crippen LogP contribution in [0.4, 0.5) is 0 Å². The summed E-state index contributed by atoms with van der Waals surface area (Å²) in [5.41, 5.74) is 2.21. The lowest BCUT2D eigenvalue weighted by atomic mass is 10.0. The molecule has 6 nitrogen and oxygen atoms in total. The fourth-order valence-electron chi connectivity index (χ4n) is 4.66. The Labute approximate surface area is 210 Å². The largest absolute Gasteiger partial charge is 0.493 e. The Balaban J connectivity index is 0.00000274. The molecule has 0 radical (unpaired) electrons. The van der Waals surface area contributed by atoms with E-state index in [9.17, 15) is 4.79 Å². The monoisotopic (exact) mass is 504 g/mol. The number of rotatable bonds is 6. The standard InChI is InChI=1S/C26H32N2O4S.ClH/c1-18-16-31-11-8-28(18)14-22-13-23-25(33-22)24(15-27(2)26(23)29)20-4-3-5-21(12-20)32-17-19-6-9-30-10-7-19;/h3-5,12-13,15,18-19H,6-11,14,16-17H2,1-2H3;1H/t18-;/m0./s1. The van der Waals surface area contributed by atoms with Gasteiger partial charge in [-0.3, -0.25) is 9.69 Å². The summed E-state index contributed by atoms with van der Waals surface area (Å²) in [5, 5.41) is 0.796. The highest BCUT2D eigenvalue weighted by Gasteiger charge is 2.21. The molecule has 2 fully saturated rings. The predicted octanol–water partition coefficient (Wildman–Crippen LogP) is 4.71. The van der Waals surface area contributed by atoms with Gasteiger partial charge in [-0.2, -0.15) is 0 Å². The molecule has 1 aromatic carbocycles. The molecule has 184 valence electrons. The Morgan fingerprint density at radius 3 is 2.76 bits per heavy atom. The number of morpholine rings is 1. The molecule has 0 aliphatic carbocycles. The zero-order valence-electron chi connectivity index (χ0n) is 19.8. The lowest BCUT2D eigenvalue weighted by molar-refractivity contribution is -0.00390. The second-order valence-electron chi connectivity index (χ2n) is 9.20. The number of hydrogen-bond donors (Lipinski definition) is 0. The number of nitrogens with zero attached hydrogens (tertiary/aromatic N) is 2. The molecule has 8 heteroatoms. The van der Waals surface area contributed by atoms with E-state index in [0.29, 0.717) is 12.0 Å². The van der Waals surface area contributed by atoms with Crippen LogP contribution in [0.15, 0.2) is 41.3 Å². The third kappa shape index (κ3) is 5.50. The molecule has 3 aromatic rings. The average molecular weight is 505 g/mol. The Kier molecular flexibility index (Phi) is 8.32. The summed E-state index contributed by atoms with van der Waals surface area (Å²) in [4.78, 5) is 16.6. The van der Waals surface area contributed by atoms with Gasteiger partial charge >= 0.3 is 0 Å². The Bertz CT molecular complexity index is 1170. The minimum Gasteiger partial charge on any atom is -0.493 e. The first kappa shape index (κ1) is 25.2. The maximum atomic E-state index is 12.9. The van der Waals surface area contributed by atoms with Gasteiger partial charge in [0, 0.05) is 60.7 Å². The molecule has 2 aliphatic heterocycles. The Morgan fingerprint density at radius 1 is 1.15 bits per heavy atom. The van der Waals surface area contributed by atoms with Crippen molar-refractivity contribution in [2.24, 2.45) is 13.0 Å². The molecule has 34 heavy (non-hydrogen) atoms. The number of thiophene rings is 1. The number of pyridine rings is 1. The molecule has 0 N–H and O–H groups in total. The molecule has 2 aromatic heterocycles. The van der Waals surface area contributed by atoms with Crippen LogP contribution < -0.4 is 10.3 Å². The number of aromatic nitrogens is 1. The molecule has 1 atom stereocenters. The van der Waals surface area contributed by atoms with Gasteiger partial charge in [0.15, 0.2) is 0 Å². The first-order valence-corrected chi connectivity index (χ1v) is 12.6. The first-order chi connectivity index (χ1) is 16.1. The third-order valence-corrected chi connectivity index (χ3v) is 7.89. The van der Waals surface area contributed by atoms with Crippen molar-refractivity contribution in [3.63, 3.8) is 0 Å². The molecule has 0 bridgehead atoms. The lowest BCUT2D eigenvalue weighted by Crippen LogP contribution is -2.42. The lowest BCUT2D eigenvalue weighted by Gasteiger charge is -2.32. The number of fused-ring (bicyclic) bond motifs is 1. The van der Waals surface area contributed by atoms with Crippen molar-refractivity contribution < 1.29 is 14.2 Å². The van der Waals surface area contributed by atoms with Crippen molar-refractivity contribution in [1.29, 1.82) is 0 Å². The van der Waals surface area contributed by atoms with Crippen LogP contribution in [-0.4, -0.2) is 55.1 Å².